The predicted molar refractivity (Wildman–Crippen MR) is 80.8 cm³/mol. The van der Waals surface area contributed by atoms with Gasteiger partial charge in [-0.15, -0.1) is 0 Å². The summed E-state index contributed by atoms with van der Waals surface area (Å²) in [5, 5.41) is 0. The Morgan fingerprint density at radius 3 is 2.44 bits per heavy atom. The summed E-state index contributed by atoms with van der Waals surface area (Å²) in [5.41, 5.74) is 5.30. The van der Waals surface area contributed by atoms with Crippen molar-refractivity contribution in [2.45, 2.75) is 19.3 Å². The third kappa shape index (κ3) is 1.65. The first kappa shape index (κ1) is 11.7. The van der Waals surface area contributed by atoms with Crippen molar-refractivity contribution >= 4 is 22.0 Å². The Kier molecular flexibility index (Phi) is 2.67. The topological polar surface area (TPSA) is 0 Å². The number of allylic oxidation sites excluding steroid dienone is 1. The van der Waals surface area contributed by atoms with Gasteiger partial charge in [0.1, 0.15) is 0 Å². The van der Waals surface area contributed by atoms with E-state index in [0.717, 1.165) is 0 Å². The summed E-state index contributed by atoms with van der Waals surface area (Å²) >= 11 is 3.69. The Morgan fingerprint density at radius 1 is 1.00 bits per heavy atom. The fraction of sp³-hybridized carbons (Fsp3) is 0.176. The van der Waals surface area contributed by atoms with E-state index in [1.54, 1.807) is 0 Å². The van der Waals surface area contributed by atoms with Crippen LogP contribution in [0.2, 0.25) is 0 Å². The molecule has 0 radical (unpaired) electrons. The van der Waals surface area contributed by atoms with Gasteiger partial charge in [-0.05, 0) is 36.6 Å². The van der Waals surface area contributed by atoms with E-state index in [4.69, 9.17) is 0 Å². The van der Waals surface area contributed by atoms with Crippen molar-refractivity contribution in [1.82, 2.24) is 0 Å². The molecule has 0 N–H and O–H groups in total. The van der Waals surface area contributed by atoms with E-state index >= 15 is 0 Å². The SMILES string of the molecule is Cc1ccc(C2(C)C=Cc3cccc(Br)c32)cc1. The standard InChI is InChI=1S/C17H15Br/c1-12-6-8-14(9-7-12)17(2)11-10-13-4-3-5-15(18)16(13)17/h3-11H,1-2H3. The van der Waals surface area contributed by atoms with E-state index in [2.05, 4.69) is 84.4 Å². The molecule has 0 nitrogen and oxygen atoms in total. The van der Waals surface area contributed by atoms with Crippen LogP contribution in [-0.4, -0.2) is 0 Å². The summed E-state index contributed by atoms with van der Waals surface area (Å²) in [5.74, 6) is 0. The molecule has 0 aliphatic heterocycles. The second-order valence-electron chi connectivity index (χ2n) is 5.11. The van der Waals surface area contributed by atoms with Crippen LogP contribution in [0.25, 0.3) is 6.08 Å². The lowest BCUT2D eigenvalue weighted by Gasteiger charge is -2.26. The van der Waals surface area contributed by atoms with Crippen molar-refractivity contribution in [3.63, 3.8) is 0 Å². The fourth-order valence-corrected chi connectivity index (χ4v) is 3.50. The van der Waals surface area contributed by atoms with E-state index < -0.39 is 0 Å². The molecule has 1 heteroatoms. The second-order valence-corrected chi connectivity index (χ2v) is 5.96. The van der Waals surface area contributed by atoms with Crippen molar-refractivity contribution < 1.29 is 0 Å². The molecule has 1 unspecified atom stereocenters. The van der Waals surface area contributed by atoms with Gasteiger partial charge in [-0.3, -0.25) is 0 Å². The van der Waals surface area contributed by atoms with Gasteiger partial charge in [-0.25, -0.2) is 0 Å². The van der Waals surface area contributed by atoms with Crippen LogP contribution >= 0.6 is 15.9 Å². The van der Waals surface area contributed by atoms with Crippen molar-refractivity contribution in [2.75, 3.05) is 0 Å². The van der Waals surface area contributed by atoms with Crippen LogP contribution in [0.15, 0.2) is 53.0 Å². The maximum absolute atomic E-state index is 3.69. The van der Waals surface area contributed by atoms with Crippen LogP contribution in [-0.2, 0) is 5.41 Å². The molecule has 0 saturated heterocycles. The second kappa shape index (κ2) is 4.10. The molecule has 0 heterocycles. The minimum absolute atomic E-state index is 0.0247. The summed E-state index contributed by atoms with van der Waals surface area (Å²) in [7, 11) is 0. The average Bonchev–Trinajstić information content (AvgIpc) is 2.70. The number of hydrogen-bond donors (Lipinski definition) is 0. The molecule has 2 aromatic carbocycles. The van der Waals surface area contributed by atoms with E-state index in [-0.39, 0.29) is 5.41 Å². The highest BCUT2D eigenvalue weighted by Gasteiger charge is 2.33. The highest BCUT2D eigenvalue weighted by Crippen LogP contribution is 2.44. The Hall–Kier alpha value is -1.34. The molecule has 90 valence electrons. The molecule has 0 bridgehead atoms. The number of halogens is 1. The highest BCUT2D eigenvalue weighted by molar-refractivity contribution is 9.10. The number of fused-ring (bicyclic) bond motifs is 1. The molecule has 3 rings (SSSR count). The van der Waals surface area contributed by atoms with Gasteiger partial charge in [-0.1, -0.05) is 70.0 Å². The van der Waals surface area contributed by atoms with E-state index in [9.17, 15) is 0 Å². The Morgan fingerprint density at radius 2 is 1.72 bits per heavy atom. The maximum atomic E-state index is 3.69. The minimum atomic E-state index is -0.0247. The first-order valence-electron chi connectivity index (χ1n) is 6.17. The zero-order valence-corrected chi connectivity index (χ0v) is 12.2. The van der Waals surface area contributed by atoms with Gasteiger partial charge in [0, 0.05) is 9.89 Å². The fourth-order valence-electron chi connectivity index (χ4n) is 2.71. The average molecular weight is 299 g/mol. The Balaban J connectivity index is 2.20. The van der Waals surface area contributed by atoms with Gasteiger partial charge in [0.2, 0.25) is 0 Å². The first-order chi connectivity index (χ1) is 8.61. The maximum Gasteiger partial charge on any atom is 0.0374 e. The lowest BCUT2D eigenvalue weighted by Crippen LogP contribution is -2.19. The van der Waals surface area contributed by atoms with E-state index in [1.807, 2.05) is 0 Å². The molecule has 1 aliphatic carbocycles. The van der Waals surface area contributed by atoms with Crippen LogP contribution in [0.3, 0.4) is 0 Å². The van der Waals surface area contributed by atoms with Gasteiger partial charge < -0.3 is 0 Å². The summed E-state index contributed by atoms with van der Waals surface area (Å²) < 4.78 is 1.19. The molecule has 0 aromatic heterocycles. The van der Waals surface area contributed by atoms with Gasteiger partial charge in [-0.2, -0.15) is 0 Å². The monoisotopic (exact) mass is 298 g/mol. The number of rotatable bonds is 1. The summed E-state index contributed by atoms with van der Waals surface area (Å²) in [6.07, 6.45) is 4.52. The van der Waals surface area contributed by atoms with Gasteiger partial charge in [0.15, 0.2) is 0 Å². The van der Waals surface area contributed by atoms with Crippen molar-refractivity contribution in [2.24, 2.45) is 0 Å². The number of hydrogen-bond acceptors (Lipinski definition) is 0. The van der Waals surface area contributed by atoms with Crippen LogP contribution in [0, 0.1) is 6.92 Å². The van der Waals surface area contributed by atoms with Crippen molar-refractivity contribution in [1.29, 1.82) is 0 Å². The number of benzene rings is 2. The molecular weight excluding hydrogens is 284 g/mol. The number of aryl methyl sites for hydroxylation is 1. The van der Waals surface area contributed by atoms with Crippen molar-refractivity contribution in [3.8, 4) is 0 Å². The summed E-state index contributed by atoms with van der Waals surface area (Å²) in [4.78, 5) is 0. The Bertz CT molecular complexity index is 623. The van der Waals surface area contributed by atoms with Crippen molar-refractivity contribution in [3.05, 3.63) is 75.3 Å². The zero-order chi connectivity index (χ0) is 12.8. The van der Waals surface area contributed by atoms with E-state index in [0.29, 0.717) is 0 Å². The molecule has 0 saturated carbocycles. The van der Waals surface area contributed by atoms with E-state index in [1.165, 1.54) is 26.7 Å². The predicted octanol–water partition coefficient (Wildman–Crippen LogP) is 5.09. The van der Waals surface area contributed by atoms with Crippen LogP contribution < -0.4 is 0 Å². The van der Waals surface area contributed by atoms with Gasteiger partial charge in [0.25, 0.3) is 0 Å². The lowest BCUT2D eigenvalue weighted by atomic mass is 9.78. The molecule has 2 aromatic rings. The Labute approximate surface area is 116 Å². The van der Waals surface area contributed by atoms with Crippen LogP contribution in [0.4, 0.5) is 0 Å². The minimum Gasteiger partial charge on any atom is -0.0692 e. The molecule has 0 amide bonds. The molecule has 0 spiro atoms. The third-order valence-electron chi connectivity index (χ3n) is 3.81. The van der Waals surface area contributed by atoms with Crippen LogP contribution in [0.1, 0.15) is 29.2 Å². The summed E-state index contributed by atoms with van der Waals surface area (Å²) in [6.45, 7) is 4.41. The first-order valence-corrected chi connectivity index (χ1v) is 6.96. The molecular formula is C17H15Br. The normalized spacial score (nSPS) is 21.1. The smallest absolute Gasteiger partial charge is 0.0374 e. The zero-order valence-electron chi connectivity index (χ0n) is 10.6. The summed E-state index contributed by atoms with van der Waals surface area (Å²) in [6, 6.07) is 15.2. The molecule has 0 fully saturated rings. The van der Waals surface area contributed by atoms with Crippen LogP contribution in [0.5, 0.6) is 0 Å². The van der Waals surface area contributed by atoms with Gasteiger partial charge in [0.05, 0.1) is 0 Å². The third-order valence-corrected chi connectivity index (χ3v) is 4.47. The highest BCUT2D eigenvalue weighted by atomic mass is 79.9. The molecule has 1 aliphatic rings. The quantitative estimate of drug-likeness (QED) is 0.688. The molecule has 18 heavy (non-hydrogen) atoms. The molecule has 1 atom stereocenters. The van der Waals surface area contributed by atoms with Gasteiger partial charge >= 0.3 is 0 Å². The largest absolute Gasteiger partial charge is 0.0692 e. The lowest BCUT2D eigenvalue weighted by molar-refractivity contribution is 0.734.